The predicted molar refractivity (Wildman–Crippen MR) is 119 cm³/mol. The summed E-state index contributed by atoms with van der Waals surface area (Å²) in [6.45, 7) is 1.99. The lowest BCUT2D eigenvalue weighted by Gasteiger charge is -2.39. The number of carbonyl (C=O) groups is 1. The number of ether oxygens (including phenoxy) is 3. The minimum Gasteiger partial charge on any atom is -0.493 e. The molecule has 0 amide bonds. The van der Waals surface area contributed by atoms with Crippen LogP contribution >= 0.6 is 12.4 Å². The maximum atomic E-state index is 11.8. The topological polar surface area (TPSA) is 60.4 Å². The fourth-order valence-electron chi connectivity index (χ4n) is 4.32. The predicted octanol–water partition coefficient (Wildman–Crippen LogP) is 3.55. The van der Waals surface area contributed by atoms with Gasteiger partial charge in [0.15, 0.2) is 11.5 Å². The maximum absolute atomic E-state index is 11.8. The molecule has 2 aromatic carbocycles. The largest absolute Gasteiger partial charge is 0.493 e. The van der Waals surface area contributed by atoms with Crippen LogP contribution in [0, 0.1) is 0 Å². The van der Waals surface area contributed by atoms with Crippen molar-refractivity contribution in [2.45, 2.75) is 18.4 Å². The van der Waals surface area contributed by atoms with Crippen LogP contribution in [-0.2, 0) is 4.74 Å². The van der Waals surface area contributed by atoms with Crippen LogP contribution in [0.4, 0.5) is 0 Å². The second-order valence-electron chi connectivity index (χ2n) is 7.57. The molecule has 0 radical (unpaired) electrons. The Labute approximate surface area is 183 Å². The molecule has 4 rings (SSSR count). The normalized spacial score (nSPS) is 20.2. The molecule has 30 heavy (non-hydrogen) atoms. The van der Waals surface area contributed by atoms with Crippen LogP contribution < -0.4 is 9.47 Å². The molecule has 6 nitrogen and oxygen atoms in total. The zero-order chi connectivity index (χ0) is 20.5. The van der Waals surface area contributed by atoms with E-state index in [2.05, 4.69) is 18.0 Å². The van der Waals surface area contributed by atoms with Gasteiger partial charge in [-0.05, 0) is 49.8 Å². The summed E-state index contributed by atoms with van der Waals surface area (Å²) in [5.74, 6) is 1.40. The van der Waals surface area contributed by atoms with Gasteiger partial charge in [0.1, 0.15) is 0 Å². The maximum Gasteiger partial charge on any atom is 0.337 e. The zero-order valence-electron chi connectivity index (χ0n) is 17.7. The van der Waals surface area contributed by atoms with Crippen molar-refractivity contribution in [3.8, 4) is 11.5 Å². The molecule has 0 bridgehead atoms. The molecule has 2 aliphatic rings. The molecule has 7 heteroatoms. The first-order chi connectivity index (χ1) is 14.0. The third-order valence-corrected chi connectivity index (χ3v) is 5.86. The molecule has 1 fully saturated rings. The molecular formula is C23H27ClN2O4. The number of likely N-dealkylation sites (tertiary alicyclic amines) is 1. The Hall–Kier alpha value is -2.57. The Morgan fingerprint density at radius 1 is 1.07 bits per heavy atom. The summed E-state index contributed by atoms with van der Waals surface area (Å²) in [5, 5.41) is 0. The number of fused-ring (bicyclic) bond motifs is 3. The smallest absolute Gasteiger partial charge is 0.337 e. The highest BCUT2D eigenvalue weighted by Gasteiger charge is 2.36. The summed E-state index contributed by atoms with van der Waals surface area (Å²) in [6.07, 6.45) is 1.01. The third-order valence-electron chi connectivity index (χ3n) is 5.86. The van der Waals surface area contributed by atoms with Gasteiger partial charge in [0.2, 0.25) is 0 Å². The average Bonchev–Trinajstić information content (AvgIpc) is 2.77. The van der Waals surface area contributed by atoms with Gasteiger partial charge in [0.05, 0.1) is 38.6 Å². The lowest BCUT2D eigenvalue weighted by atomic mass is 9.79. The second-order valence-corrected chi connectivity index (χ2v) is 7.57. The number of nitrogens with zero attached hydrogens (tertiary/aromatic N) is 2. The number of hydrogen-bond acceptors (Lipinski definition) is 6. The van der Waals surface area contributed by atoms with E-state index in [1.165, 1.54) is 12.7 Å². The van der Waals surface area contributed by atoms with Crippen LogP contribution in [0.3, 0.4) is 0 Å². The molecule has 0 N–H and O–H groups in total. The summed E-state index contributed by atoms with van der Waals surface area (Å²) in [6, 6.07) is 11.8. The van der Waals surface area contributed by atoms with Crippen LogP contribution in [0.5, 0.6) is 11.5 Å². The van der Waals surface area contributed by atoms with E-state index in [0.717, 1.165) is 42.1 Å². The zero-order valence-corrected chi connectivity index (χ0v) is 18.5. The number of likely N-dealkylation sites (N-methyl/N-ethyl adjacent to an activating group) is 1. The van der Waals surface area contributed by atoms with Crippen molar-refractivity contribution >= 4 is 24.1 Å². The van der Waals surface area contributed by atoms with E-state index in [1.807, 2.05) is 18.2 Å². The molecule has 160 valence electrons. The molecule has 1 saturated heterocycles. The first-order valence-corrected chi connectivity index (χ1v) is 9.77. The number of methoxy groups -OCH3 is 3. The van der Waals surface area contributed by atoms with Crippen molar-refractivity contribution < 1.29 is 19.0 Å². The van der Waals surface area contributed by atoms with E-state index in [4.69, 9.17) is 19.2 Å². The fourth-order valence-corrected chi connectivity index (χ4v) is 4.32. The van der Waals surface area contributed by atoms with Gasteiger partial charge < -0.3 is 19.1 Å². The fraction of sp³-hybridized carbons (Fsp3) is 0.391. The van der Waals surface area contributed by atoms with E-state index >= 15 is 0 Å². The summed E-state index contributed by atoms with van der Waals surface area (Å²) < 4.78 is 15.9. The quantitative estimate of drug-likeness (QED) is 0.694. The lowest BCUT2D eigenvalue weighted by molar-refractivity contribution is 0.0600. The highest BCUT2D eigenvalue weighted by Crippen LogP contribution is 2.42. The van der Waals surface area contributed by atoms with Crippen LogP contribution in [0.25, 0.3) is 0 Å². The molecule has 0 aliphatic carbocycles. The minimum absolute atomic E-state index is 0. The van der Waals surface area contributed by atoms with Gasteiger partial charge in [-0.2, -0.15) is 0 Å². The first-order valence-electron chi connectivity index (χ1n) is 9.77. The number of esters is 1. The molecule has 2 aliphatic heterocycles. The van der Waals surface area contributed by atoms with Gasteiger partial charge in [-0.25, -0.2) is 4.79 Å². The molecular weight excluding hydrogens is 404 g/mol. The third kappa shape index (κ3) is 3.89. The van der Waals surface area contributed by atoms with Gasteiger partial charge in [-0.15, -0.1) is 12.4 Å². The van der Waals surface area contributed by atoms with Crippen LogP contribution in [-0.4, -0.2) is 64.1 Å². The number of carbonyl (C=O) groups excluding carboxylic acids is 1. The van der Waals surface area contributed by atoms with Gasteiger partial charge in [0, 0.05) is 23.6 Å². The van der Waals surface area contributed by atoms with E-state index < -0.39 is 0 Å². The monoisotopic (exact) mass is 430 g/mol. The Morgan fingerprint density at radius 2 is 1.73 bits per heavy atom. The molecule has 2 atom stereocenters. The number of hydrogen-bond donors (Lipinski definition) is 0. The summed E-state index contributed by atoms with van der Waals surface area (Å²) in [7, 11) is 6.85. The van der Waals surface area contributed by atoms with Gasteiger partial charge in [-0.1, -0.05) is 12.1 Å². The standard InChI is InChI=1S/C23H26N2O4.ClH/c1-25-10-9-19-18(13-25)16-11-20(27-2)21(28-3)12-17(16)22(24-19)14-5-7-15(8-6-14)23(26)29-4;/h5-8,11-12,18-19H,9-10,13H2,1-4H3;1H/t18-,19-;/m1./s1. The van der Waals surface area contributed by atoms with Crippen LogP contribution in [0.2, 0.25) is 0 Å². The average molecular weight is 431 g/mol. The van der Waals surface area contributed by atoms with Gasteiger partial charge >= 0.3 is 5.97 Å². The Balaban J connectivity index is 0.00000256. The van der Waals surface area contributed by atoms with Crippen molar-refractivity contribution in [2.75, 3.05) is 41.5 Å². The highest BCUT2D eigenvalue weighted by molar-refractivity contribution is 6.15. The minimum atomic E-state index is -0.343. The summed E-state index contributed by atoms with van der Waals surface area (Å²) >= 11 is 0. The van der Waals surface area contributed by atoms with E-state index in [1.54, 1.807) is 26.4 Å². The van der Waals surface area contributed by atoms with Crippen LogP contribution in [0.1, 0.15) is 39.4 Å². The molecule has 2 heterocycles. The van der Waals surface area contributed by atoms with E-state index in [9.17, 15) is 4.79 Å². The van der Waals surface area contributed by atoms with Gasteiger partial charge in [0.25, 0.3) is 0 Å². The first kappa shape index (κ1) is 22.1. The number of aliphatic imine (C=N–C) groups is 1. The Bertz CT molecular complexity index is 958. The lowest BCUT2D eigenvalue weighted by Crippen LogP contribution is -2.41. The summed E-state index contributed by atoms with van der Waals surface area (Å²) in [4.78, 5) is 19.3. The number of halogens is 1. The number of piperidine rings is 1. The van der Waals surface area contributed by atoms with Gasteiger partial charge in [-0.3, -0.25) is 4.99 Å². The second kappa shape index (κ2) is 9.06. The summed E-state index contributed by atoms with van der Waals surface area (Å²) in [5.41, 5.74) is 4.73. The van der Waals surface area contributed by atoms with Crippen LogP contribution in [0.15, 0.2) is 41.4 Å². The van der Waals surface area contributed by atoms with E-state index in [0.29, 0.717) is 17.2 Å². The molecule has 0 unspecified atom stereocenters. The van der Waals surface area contributed by atoms with Crippen molar-refractivity contribution in [3.05, 3.63) is 58.7 Å². The Morgan fingerprint density at radius 3 is 2.37 bits per heavy atom. The molecule has 0 saturated carbocycles. The SMILES string of the molecule is COC(=O)c1ccc(C2=N[C@@H]3CCN(C)C[C@@H]3c3cc(OC)c(OC)cc32)cc1.Cl. The van der Waals surface area contributed by atoms with Crippen molar-refractivity contribution in [2.24, 2.45) is 4.99 Å². The Kier molecular flexibility index (Phi) is 6.68. The highest BCUT2D eigenvalue weighted by atomic mass is 35.5. The number of rotatable bonds is 4. The molecule has 2 aromatic rings. The van der Waals surface area contributed by atoms with E-state index in [-0.39, 0.29) is 24.4 Å². The van der Waals surface area contributed by atoms with Crippen molar-refractivity contribution in [1.29, 1.82) is 0 Å². The number of benzene rings is 2. The molecule has 0 aromatic heterocycles. The molecule has 0 spiro atoms. The van der Waals surface area contributed by atoms with Crippen molar-refractivity contribution in [1.82, 2.24) is 4.90 Å². The van der Waals surface area contributed by atoms with Crippen molar-refractivity contribution in [3.63, 3.8) is 0 Å².